The van der Waals surface area contributed by atoms with Crippen LogP contribution < -0.4 is 10.6 Å². The van der Waals surface area contributed by atoms with E-state index in [-0.39, 0.29) is 23.0 Å². The van der Waals surface area contributed by atoms with Gasteiger partial charge in [0.25, 0.3) is 5.91 Å². The molecule has 0 aliphatic rings. The molecule has 28 heavy (non-hydrogen) atoms. The lowest BCUT2D eigenvalue weighted by Crippen LogP contribution is -2.69. The first-order valence-corrected chi connectivity index (χ1v) is 8.50. The molecule has 0 radical (unpaired) electrons. The summed E-state index contributed by atoms with van der Waals surface area (Å²) in [5, 5.41) is 3.62. The molecule has 150 valence electrons. The third kappa shape index (κ3) is 4.53. The Bertz CT molecular complexity index is 876. The topological polar surface area (TPSA) is 80.3 Å². The lowest BCUT2D eigenvalue weighted by Gasteiger charge is -2.35. The van der Waals surface area contributed by atoms with E-state index in [1.54, 1.807) is 18.3 Å². The molecule has 1 aromatic carbocycles. The first kappa shape index (κ1) is 21.5. The molecule has 6 nitrogen and oxygen atoms in total. The van der Waals surface area contributed by atoms with Crippen LogP contribution in [0.1, 0.15) is 22.8 Å². The molecule has 0 saturated heterocycles. The minimum atomic E-state index is -5.26. The van der Waals surface area contributed by atoms with Gasteiger partial charge < -0.3 is 15.4 Å². The van der Waals surface area contributed by atoms with Gasteiger partial charge in [0.2, 0.25) is 0 Å². The first-order valence-electron chi connectivity index (χ1n) is 8.12. The first-order chi connectivity index (χ1) is 13.1. The van der Waals surface area contributed by atoms with Crippen molar-refractivity contribution in [3.63, 3.8) is 0 Å². The molecule has 2 aromatic rings. The van der Waals surface area contributed by atoms with Crippen molar-refractivity contribution in [1.29, 1.82) is 0 Å². The molecule has 10 heteroatoms. The van der Waals surface area contributed by atoms with Crippen LogP contribution in [0.15, 0.2) is 42.6 Å². The number of carbonyl (C=O) groups is 2. The van der Waals surface area contributed by atoms with Gasteiger partial charge in [0.15, 0.2) is 0 Å². The van der Waals surface area contributed by atoms with E-state index in [4.69, 9.17) is 11.6 Å². The standard InChI is InChI=1S/C18H17ClF3N3O3/c1-3-28-16(27)17(18(20,21)22,24-14-10-11(2)8-9-23-14)25-15(26)12-6-4-5-7-13(12)19/h4-10H,3H2,1-2H3,(H,23,24)(H,25,26)/t17-/m0/s1. The van der Waals surface area contributed by atoms with Crippen LogP contribution in [0.25, 0.3) is 0 Å². The van der Waals surface area contributed by atoms with Crippen molar-refractivity contribution in [2.75, 3.05) is 11.9 Å². The Kier molecular flexibility index (Phi) is 6.50. The maximum absolute atomic E-state index is 14.1. The monoisotopic (exact) mass is 415 g/mol. The Balaban J connectivity index is 2.54. The van der Waals surface area contributed by atoms with Gasteiger partial charge in [0.1, 0.15) is 5.82 Å². The normalized spacial score (nSPS) is 13.4. The van der Waals surface area contributed by atoms with Crippen molar-refractivity contribution in [1.82, 2.24) is 10.3 Å². The van der Waals surface area contributed by atoms with Crippen molar-refractivity contribution < 1.29 is 27.5 Å². The largest absolute Gasteiger partial charge is 0.463 e. The van der Waals surface area contributed by atoms with Gasteiger partial charge in [-0.15, -0.1) is 0 Å². The van der Waals surface area contributed by atoms with E-state index in [2.05, 4.69) is 9.72 Å². The van der Waals surface area contributed by atoms with E-state index in [9.17, 15) is 22.8 Å². The molecule has 2 rings (SSSR count). The van der Waals surface area contributed by atoms with Gasteiger partial charge >= 0.3 is 17.8 Å². The number of pyridine rings is 1. The second kappa shape index (κ2) is 8.47. The van der Waals surface area contributed by atoms with Crippen LogP contribution in [-0.2, 0) is 9.53 Å². The van der Waals surface area contributed by atoms with Crippen molar-refractivity contribution in [3.05, 3.63) is 58.7 Å². The SMILES string of the molecule is CCOC(=O)[C@@](NC(=O)c1ccccc1Cl)(Nc1cc(C)ccn1)C(F)(F)F. The van der Waals surface area contributed by atoms with Gasteiger partial charge in [-0.1, -0.05) is 23.7 Å². The summed E-state index contributed by atoms with van der Waals surface area (Å²) in [7, 11) is 0. The molecule has 2 N–H and O–H groups in total. The highest BCUT2D eigenvalue weighted by Gasteiger charge is 2.64. The number of hydrogen-bond acceptors (Lipinski definition) is 5. The van der Waals surface area contributed by atoms with Crippen molar-refractivity contribution in [2.45, 2.75) is 25.7 Å². The van der Waals surface area contributed by atoms with Gasteiger partial charge in [-0.3, -0.25) is 4.79 Å². The maximum Gasteiger partial charge on any atom is 0.441 e. The van der Waals surface area contributed by atoms with E-state index in [0.29, 0.717) is 5.56 Å². The zero-order valence-electron chi connectivity index (χ0n) is 14.9. The molecule has 1 heterocycles. The highest BCUT2D eigenvalue weighted by atomic mass is 35.5. The minimum Gasteiger partial charge on any atom is -0.463 e. The van der Waals surface area contributed by atoms with Gasteiger partial charge in [-0.05, 0) is 43.7 Å². The number of carbonyl (C=O) groups excluding carboxylic acids is 2. The van der Waals surface area contributed by atoms with E-state index in [1.165, 1.54) is 43.5 Å². The van der Waals surface area contributed by atoms with E-state index >= 15 is 0 Å². The Labute approximate surface area is 164 Å². The average Bonchev–Trinajstić information content (AvgIpc) is 2.60. The van der Waals surface area contributed by atoms with Crippen LogP contribution in [0, 0.1) is 6.92 Å². The van der Waals surface area contributed by atoms with Crippen LogP contribution >= 0.6 is 11.6 Å². The Hall–Kier alpha value is -2.81. The molecule has 0 bridgehead atoms. The molecular formula is C18H17ClF3N3O3. The molecule has 0 saturated carbocycles. The zero-order chi connectivity index (χ0) is 20.9. The number of benzene rings is 1. The third-order valence-electron chi connectivity index (χ3n) is 3.66. The van der Waals surface area contributed by atoms with E-state index < -0.39 is 23.7 Å². The minimum absolute atomic E-state index is 0.0754. The Morgan fingerprint density at radius 2 is 1.89 bits per heavy atom. The number of aryl methyl sites for hydroxylation is 1. The number of nitrogens with zero attached hydrogens (tertiary/aromatic N) is 1. The summed E-state index contributed by atoms with van der Waals surface area (Å²) in [5.74, 6) is -3.22. The average molecular weight is 416 g/mol. The van der Waals surface area contributed by atoms with Crippen LogP contribution in [0.2, 0.25) is 5.02 Å². The maximum atomic E-state index is 14.1. The number of halogens is 4. The lowest BCUT2D eigenvalue weighted by atomic mass is 10.1. The van der Waals surface area contributed by atoms with Gasteiger partial charge in [-0.25, -0.2) is 9.78 Å². The summed E-state index contributed by atoms with van der Waals surface area (Å²) in [5.41, 5.74) is -3.21. The lowest BCUT2D eigenvalue weighted by molar-refractivity contribution is -0.204. The van der Waals surface area contributed by atoms with Crippen molar-refractivity contribution in [2.24, 2.45) is 0 Å². The van der Waals surface area contributed by atoms with Crippen molar-refractivity contribution >= 4 is 29.3 Å². The summed E-state index contributed by atoms with van der Waals surface area (Å²) in [6.45, 7) is 2.65. The number of aromatic nitrogens is 1. The molecule has 0 unspecified atom stereocenters. The van der Waals surface area contributed by atoms with Gasteiger partial charge in [0, 0.05) is 6.20 Å². The summed E-state index contributed by atoms with van der Waals surface area (Å²) in [4.78, 5) is 28.7. The number of esters is 1. The number of nitrogens with one attached hydrogen (secondary N) is 2. The summed E-state index contributed by atoms with van der Waals surface area (Å²) < 4.78 is 46.8. The Morgan fingerprint density at radius 1 is 1.21 bits per heavy atom. The fraction of sp³-hybridized carbons (Fsp3) is 0.278. The quantitative estimate of drug-likeness (QED) is 0.555. The smallest absolute Gasteiger partial charge is 0.441 e. The van der Waals surface area contributed by atoms with Gasteiger partial charge in [0.05, 0.1) is 17.2 Å². The molecule has 0 aliphatic carbocycles. The number of anilines is 1. The molecule has 0 fully saturated rings. The predicted molar refractivity (Wildman–Crippen MR) is 96.9 cm³/mol. The number of rotatable bonds is 6. The number of alkyl halides is 3. The van der Waals surface area contributed by atoms with Gasteiger partial charge in [-0.2, -0.15) is 13.2 Å². The second-order valence-electron chi connectivity index (χ2n) is 5.75. The predicted octanol–water partition coefficient (Wildman–Crippen LogP) is 3.71. The fourth-order valence-electron chi connectivity index (χ4n) is 2.31. The molecule has 1 aromatic heterocycles. The highest BCUT2D eigenvalue weighted by Crippen LogP contribution is 2.33. The zero-order valence-corrected chi connectivity index (χ0v) is 15.7. The molecular weight excluding hydrogens is 399 g/mol. The molecule has 0 aliphatic heterocycles. The molecule has 1 amide bonds. The fourth-order valence-corrected chi connectivity index (χ4v) is 2.53. The van der Waals surface area contributed by atoms with Crippen LogP contribution in [0.5, 0.6) is 0 Å². The van der Waals surface area contributed by atoms with E-state index in [1.807, 2.05) is 5.32 Å². The van der Waals surface area contributed by atoms with Crippen LogP contribution in [-0.4, -0.2) is 35.3 Å². The number of hydrogen-bond donors (Lipinski definition) is 2. The summed E-state index contributed by atoms with van der Waals surface area (Å²) in [6, 6.07) is 8.36. The van der Waals surface area contributed by atoms with Crippen LogP contribution in [0.3, 0.4) is 0 Å². The van der Waals surface area contributed by atoms with Crippen molar-refractivity contribution in [3.8, 4) is 0 Å². The number of amides is 1. The summed E-state index contributed by atoms with van der Waals surface area (Å²) in [6.07, 6.45) is -4.00. The third-order valence-corrected chi connectivity index (χ3v) is 3.99. The highest BCUT2D eigenvalue weighted by molar-refractivity contribution is 6.33. The molecule has 0 spiro atoms. The number of ether oxygens (including phenoxy) is 1. The van der Waals surface area contributed by atoms with E-state index in [0.717, 1.165) is 0 Å². The second-order valence-corrected chi connectivity index (χ2v) is 6.15. The summed E-state index contributed by atoms with van der Waals surface area (Å²) >= 11 is 5.89. The Morgan fingerprint density at radius 3 is 2.46 bits per heavy atom. The molecule has 1 atom stereocenters. The van der Waals surface area contributed by atoms with Crippen LogP contribution in [0.4, 0.5) is 19.0 Å².